The average molecular weight is 487 g/mol. The van der Waals surface area contributed by atoms with Gasteiger partial charge in [-0.05, 0) is 60.2 Å². The first-order valence-electron chi connectivity index (χ1n) is 9.75. The van der Waals surface area contributed by atoms with Crippen LogP contribution in [-0.4, -0.2) is 22.0 Å². The second-order valence-corrected chi connectivity index (χ2v) is 8.15. The Morgan fingerprint density at radius 1 is 1.00 bits per heavy atom. The summed E-state index contributed by atoms with van der Waals surface area (Å²) in [6.45, 7) is 0.815. The molecule has 9 heteroatoms. The van der Waals surface area contributed by atoms with Crippen molar-refractivity contribution in [2.75, 3.05) is 12.5 Å². The second kappa shape index (κ2) is 10.1. The smallest absolute Gasteiger partial charge is 0.214 e. The fraction of sp³-hybridized carbons (Fsp3) is 0.130. The van der Waals surface area contributed by atoms with E-state index in [1.54, 1.807) is 17.9 Å². The summed E-state index contributed by atoms with van der Waals surface area (Å²) in [5.74, 6) is 2.02. The lowest BCUT2D eigenvalue weighted by Gasteiger charge is -2.15. The van der Waals surface area contributed by atoms with E-state index in [4.69, 9.17) is 44.9 Å². The first-order chi connectivity index (χ1) is 15.5. The highest BCUT2D eigenvalue weighted by molar-refractivity contribution is 7.71. The van der Waals surface area contributed by atoms with E-state index in [0.717, 1.165) is 16.7 Å². The molecule has 0 saturated heterocycles. The van der Waals surface area contributed by atoms with Crippen LogP contribution in [0.5, 0.6) is 11.5 Å². The van der Waals surface area contributed by atoms with Gasteiger partial charge >= 0.3 is 0 Å². The number of ether oxygens (including phenoxy) is 2. The molecular formula is C23H20Cl2N4O2S. The third-order valence-corrected chi connectivity index (χ3v) is 5.54. The Labute approximate surface area is 200 Å². The van der Waals surface area contributed by atoms with Gasteiger partial charge in [0.2, 0.25) is 4.77 Å². The third-order valence-electron chi connectivity index (χ3n) is 4.78. The molecule has 0 saturated carbocycles. The highest BCUT2D eigenvalue weighted by atomic mass is 35.5. The first kappa shape index (κ1) is 22.2. The van der Waals surface area contributed by atoms with Gasteiger partial charge in [0.25, 0.3) is 0 Å². The number of benzene rings is 3. The molecule has 0 radical (unpaired) electrons. The summed E-state index contributed by atoms with van der Waals surface area (Å²) in [6.07, 6.45) is 0. The third kappa shape index (κ3) is 5.07. The van der Waals surface area contributed by atoms with Gasteiger partial charge in [0.05, 0.1) is 19.2 Å². The lowest BCUT2D eigenvalue weighted by molar-refractivity contribution is 0.303. The Hall–Kier alpha value is -3.00. The number of halogens is 2. The Balaban J connectivity index is 1.56. The van der Waals surface area contributed by atoms with Crippen LogP contribution >= 0.6 is 35.4 Å². The van der Waals surface area contributed by atoms with Crippen LogP contribution in [0, 0.1) is 4.77 Å². The summed E-state index contributed by atoms with van der Waals surface area (Å²) in [5, 5.41) is 8.50. The van der Waals surface area contributed by atoms with Crippen molar-refractivity contribution in [1.29, 1.82) is 0 Å². The molecule has 3 aromatic carbocycles. The first-order valence-corrected chi connectivity index (χ1v) is 10.9. The van der Waals surface area contributed by atoms with Gasteiger partial charge < -0.3 is 14.9 Å². The highest BCUT2D eigenvalue weighted by Crippen LogP contribution is 2.28. The van der Waals surface area contributed by atoms with Gasteiger partial charge in [0, 0.05) is 15.6 Å². The van der Waals surface area contributed by atoms with E-state index in [0.29, 0.717) is 45.3 Å². The number of aromatic amines is 1. The topological polar surface area (TPSA) is 64.1 Å². The summed E-state index contributed by atoms with van der Waals surface area (Å²) in [6, 6.07) is 20.7. The fourth-order valence-electron chi connectivity index (χ4n) is 3.19. The normalized spacial score (nSPS) is 10.7. The monoisotopic (exact) mass is 486 g/mol. The zero-order valence-electron chi connectivity index (χ0n) is 17.1. The molecule has 4 aromatic rings. The predicted octanol–water partition coefficient (Wildman–Crippen LogP) is 6.25. The van der Waals surface area contributed by atoms with Crippen molar-refractivity contribution in [3.63, 3.8) is 0 Å². The van der Waals surface area contributed by atoms with Crippen molar-refractivity contribution in [3.8, 4) is 22.9 Å². The lowest BCUT2D eigenvalue weighted by atomic mass is 10.2. The minimum Gasteiger partial charge on any atom is -0.496 e. The van der Waals surface area contributed by atoms with Crippen molar-refractivity contribution in [2.45, 2.75) is 13.2 Å². The van der Waals surface area contributed by atoms with E-state index in [9.17, 15) is 0 Å². The molecule has 0 unspecified atom stereocenters. The number of nitrogens with zero attached hydrogens (tertiary/aromatic N) is 2. The molecule has 4 rings (SSSR count). The number of aromatic nitrogens is 3. The van der Waals surface area contributed by atoms with Crippen molar-refractivity contribution < 1.29 is 9.47 Å². The molecule has 0 spiro atoms. The molecule has 0 aliphatic carbocycles. The zero-order chi connectivity index (χ0) is 22.5. The van der Waals surface area contributed by atoms with Crippen molar-refractivity contribution >= 4 is 35.4 Å². The van der Waals surface area contributed by atoms with Crippen LogP contribution in [0.25, 0.3) is 11.4 Å². The van der Waals surface area contributed by atoms with Crippen LogP contribution in [0.3, 0.4) is 0 Å². The van der Waals surface area contributed by atoms with E-state index >= 15 is 0 Å². The number of hydrogen-bond donors (Lipinski definition) is 2. The molecule has 0 bridgehead atoms. The van der Waals surface area contributed by atoms with E-state index in [-0.39, 0.29) is 0 Å². The van der Waals surface area contributed by atoms with Crippen LogP contribution < -0.4 is 14.9 Å². The number of methoxy groups -OCH3 is 1. The largest absolute Gasteiger partial charge is 0.496 e. The maximum Gasteiger partial charge on any atom is 0.214 e. The summed E-state index contributed by atoms with van der Waals surface area (Å²) in [7, 11) is 1.62. The predicted molar refractivity (Wildman–Crippen MR) is 130 cm³/mol. The van der Waals surface area contributed by atoms with E-state index in [2.05, 4.69) is 15.6 Å². The van der Waals surface area contributed by atoms with Crippen molar-refractivity contribution in [3.05, 3.63) is 92.7 Å². The van der Waals surface area contributed by atoms with Crippen LogP contribution in [-0.2, 0) is 13.2 Å². The van der Waals surface area contributed by atoms with Gasteiger partial charge in [-0.25, -0.2) is 9.77 Å². The van der Waals surface area contributed by atoms with Gasteiger partial charge in [0.1, 0.15) is 18.1 Å². The molecule has 0 atom stereocenters. The van der Waals surface area contributed by atoms with Gasteiger partial charge in [-0.3, -0.25) is 0 Å². The van der Waals surface area contributed by atoms with Gasteiger partial charge in [-0.1, -0.05) is 47.5 Å². The summed E-state index contributed by atoms with van der Waals surface area (Å²) < 4.78 is 13.7. The van der Waals surface area contributed by atoms with E-state index in [1.165, 1.54) is 0 Å². The van der Waals surface area contributed by atoms with E-state index in [1.807, 2.05) is 60.7 Å². The standard InChI is InChI=1S/C23H20Cl2N4O2S/c1-30-21-5-3-2-4-19(21)22-27-28-23(32)29(22)26-13-16-12-18(25)10-11-20(16)31-14-15-6-8-17(24)9-7-15/h2-12,26H,13-14H2,1H3,(H,28,32). The molecule has 2 N–H and O–H groups in total. The Bertz CT molecular complexity index is 1270. The Morgan fingerprint density at radius 3 is 2.53 bits per heavy atom. The zero-order valence-corrected chi connectivity index (χ0v) is 19.5. The van der Waals surface area contributed by atoms with Gasteiger partial charge in [-0.2, -0.15) is 5.10 Å². The molecule has 0 fully saturated rings. The average Bonchev–Trinajstić information content (AvgIpc) is 3.18. The van der Waals surface area contributed by atoms with Crippen LogP contribution in [0.1, 0.15) is 11.1 Å². The lowest BCUT2D eigenvalue weighted by Crippen LogP contribution is -2.16. The number of rotatable bonds is 8. The van der Waals surface area contributed by atoms with E-state index < -0.39 is 0 Å². The molecule has 0 amide bonds. The molecule has 6 nitrogen and oxygen atoms in total. The summed E-state index contributed by atoms with van der Waals surface area (Å²) in [5.41, 5.74) is 6.00. The van der Waals surface area contributed by atoms with Crippen LogP contribution in [0.15, 0.2) is 66.7 Å². The molecular weight excluding hydrogens is 467 g/mol. The highest BCUT2D eigenvalue weighted by Gasteiger charge is 2.14. The van der Waals surface area contributed by atoms with Crippen molar-refractivity contribution in [2.24, 2.45) is 0 Å². The summed E-state index contributed by atoms with van der Waals surface area (Å²) in [4.78, 5) is 0. The minimum atomic E-state index is 0.406. The van der Waals surface area contributed by atoms with Crippen LogP contribution in [0.2, 0.25) is 10.0 Å². The summed E-state index contributed by atoms with van der Waals surface area (Å²) >= 11 is 17.6. The fourth-order valence-corrected chi connectivity index (χ4v) is 3.70. The minimum absolute atomic E-state index is 0.406. The Kier molecular flexibility index (Phi) is 6.99. The SMILES string of the molecule is COc1ccccc1-c1n[nH]c(=S)n1NCc1cc(Cl)ccc1OCc1ccc(Cl)cc1. The molecule has 0 aliphatic rings. The number of para-hydroxylation sites is 1. The molecule has 1 heterocycles. The molecule has 164 valence electrons. The quantitative estimate of drug-likeness (QED) is 0.288. The number of nitrogens with one attached hydrogen (secondary N) is 2. The van der Waals surface area contributed by atoms with Crippen LogP contribution in [0.4, 0.5) is 0 Å². The Morgan fingerprint density at radius 2 is 1.75 bits per heavy atom. The molecule has 1 aromatic heterocycles. The maximum absolute atomic E-state index is 6.25. The molecule has 0 aliphatic heterocycles. The van der Waals surface area contributed by atoms with Gasteiger partial charge in [-0.15, -0.1) is 0 Å². The molecule has 32 heavy (non-hydrogen) atoms. The maximum atomic E-state index is 6.25. The number of H-pyrrole nitrogens is 1. The number of hydrogen-bond acceptors (Lipinski definition) is 5. The van der Waals surface area contributed by atoms with Crippen molar-refractivity contribution in [1.82, 2.24) is 14.9 Å². The van der Waals surface area contributed by atoms with Gasteiger partial charge in [0.15, 0.2) is 5.82 Å². The second-order valence-electron chi connectivity index (χ2n) is 6.89.